The molecule has 2 rings (SSSR count). The summed E-state index contributed by atoms with van der Waals surface area (Å²) < 4.78 is 1.72. The third kappa shape index (κ3) is 4.09. The normalized spacial score (nSPS) is 11.7. The summed E-state index contributed by atoms with van der Waals surface area (Å²) in [4.78, 5) is 21.6. The molecule has 2 aromatic heterocycles. The number of nitrogens with one attached hydrogen (secondary N) is 1. The van der Waals surface area contributed by atoms with Crippen LogP contribution in [0.1, 0.15) is 55.0 Å². The zero-order valence-electron chi connectivity index (χ0n) is 16.7. The predicted octanol–water partition coefficient (Wildman–Crippen LogP) is 2.07. The highest BCUT2D eigenvalue weighted by Crippen LogP contribution is 2.19. The van der Waals surface area contributed by atoms with Crippen LogP contribution in [0.15, 0.2) is 6.07 Å². The lowest BCUT2D eigenvalue weighted by atomic mass is 9.92. The van der Waals surface area contributed by atoms with Gasteiger partial charge in [0.05, 0.1) is 17.7 Å². The smallest absolute Gasteiger partial charge is 0.251 e. The molecule has 0 aliphatic rings. The van der Waals surface area contributed by atoms with Crippen LogP contribution in [0.2, 0.25) is 0 Å². The Labute approximate surface area is 155 Å². The maximum absolute atomic E-state index is 12.6. The highest BCUT2D eigenvalue weighted by Gasteiger charge is 2.27. The van der Waals surface area contributed by atoms with Crippen LogP contribution >= 0.6 is 0 Å². The standard InChI is InChI=1S/C19H30N6O/c1-7-19(8-2,11-20)23-17(26)10-16-14(5)24-25(15(16)6)18-21-12(3)9-13(4)22-18/h9H,7-8,10-11,20H2,1-6H3,(H,23,26). The molecule has 0 unspecified atom stereocenters. The summed E-state index contributed by atoms with van der Waals surface area (Å²) >= 11 is 0. The zero-order valence-corrected chi connectivity index (χ0v) is 16.7. The molecule has 2 heterocycles. The summed E-state index contributed by atoms with van der Waals surface area (Å²) in [5, 5.41) is 7.68. The van der Waals surface area contributed by atoms with Crippen molar-refractivity contribution < 1.29 is 4.79 Å². The second-order valence-electron chi connectivity index (χ2n) is 6.93. The Kier molecular flexibility index (Phi) is 6.13. The van der Waals surface area contributed by atoms with Crippen molar-refractivity contribution in [2.45, 2.75) is 66.3 Å². The summed E-state index contributed by atoms with van der Waals surface area (Å²) in [5.41, 5.74) is 9.92. The highest BCUT2D eigenvalue weighted by atomic mass is 16.1. The maximum atomic E-state index is 12.6. The topological polar surface area (TPSA) is 98.7 Å². The Balaban J connectivity index is 2.29. The summed E-state index contributed by atoms with van der Waals surface area (Å²) in [6.07, 6.45) is 1.88. The molecule has 0 spiro atoms. The highest BCUT2D eigenvalue weighted by molar-refractivity contribution is 5.80. The number of hydrogen-bond acceptors (Lipinski definition) is 5. The third-order valence-electron chi connectivity index (χ3n) is 5.09. The summed E-state index contributed by atoms with van der Waals surface area (Å²) in [5.74, 6) is 0.499. The predicted molar refractivity (Wildman–Crippen MR) is 102 cm³/mol. The van der Waals surface area contributed by atoms with Crippen LogP contribution in [0.25, 0.3) is 5.95 Å². The number of carbonyl (C=O) groups is 1. The van der Waals surface area contributed by atoms with Gasteiger partial charge in [-0.3, -0.25) is 4.79 Å². The van der Waals surface area contributed by atoms with Crippen molar-refractivity contribution in [1.82, 2.24) is 25.1 Å². The number of rotatable bonds is 7. The minimum atomic E-state index is -0.342. The molecule has 0 bridgehead atoms. The fraction of sp³-hybridized carbons (Fsp3) is 0.579. The molecule has 26 heavy (non-hydrogen) atoms. The van der Waals surface area contributed by atoms with Gasteiger partial charge in [-0.05, 0) is 46.6 Å². The fourth-order valence-electron chi connectivity index (χ4n) is 3.19. The van der Waals surface area contributed by atoms with E-state index in [0.717, 1.165) is 41.2 Å². The van der Waals surface area contributed by atoms with E-state index in [1.54, 1.807) is 4.68 Å². The quantitative estimate of drug-likeness (QED) is 0.789. The second-order valence-corrected chi connectivity index (χ2v) is 6.93. The first-order valence-electron chi connectivity index (χ1n) is 9.14. The molecule has 0 saturated heterocycles. The van der Waals surface area contributed by atoms with Gasteiger partial charge in [-0.2, -0.15) is 5.10 Å². The van der Waals surface area contributed by atoms with Crippen LogP contribution in [0.5, 0.6) is 0 Å². The van der Waals surface area contributed by atoms with Crippen LogP contribution in [0, 0.1) is 27.7 Å². The number of hydrogen-bond donors (Lipinski definition) is 2. The molecule has 0 aromatic carbocycles. The zero-order chi connectivity index (χ0) is 19.5. The van der Waals surface area contributed by atoms with Gasteiger partial charge in [0.15, 0.2) is 0 Å². The lowest BCUT2D eigenvalue weighted by Crippen LogP contribution is -2.53. The average molecular weight is 358 g/mol. The van der Waals surface area contributed by atoms with Gasteiger partial charge in [-0.15, -0.1) is 0 Å². The molecule has 3 N–H and O–H groups in total. The number of carbonyl (C=O) groups excluding carboxylic acids is 1. The lowest BCUT2D eigenvalue weighted by Gasteiger charge is -2.31. The van der Waals surface area contributed by atoms with Crippen molar-refractivity contribution in [3.05, 3.63) is 34.4 Å². The number of aromatic nitrogens is 4. The minimum absolute atomic E-state index is 0.0359. The number of nitrogens with two attached hydrogens (primary N) is 1. The van der Waals surface area contributed by atoms with Crippen LogP contribution in [-0.2, 0) is 11.2 Å². The number of aryl methyl sites for hydroxylation is 3. The minimum Gasteiger partial charge on any atom is -0.349 e. The van der Waals surface area contributed by atoms with Crippen LogP contribution in [0.3, 0.4) is 0 Å². The molecule has 7 nitrogen and oxygen atoms in total. The molecule has 0 atom stereocenters. The fourth-order valence-corrected chi connectivity index (χ4v) is 3.19. The van der Waals surface area contributed by atoms with Gasteiger partial charge in [0.1, 0.15) is 0 Å². The molecule has 142 valence electrons. The van der Waals surface area contributed by atoms with Crippen LogP contribution in [0.4, 0.5) is 0 Å². The van der Waals surface area contributed by atoms with E-state index in [0.29, 0.717) is 12.5 Å². The van der Waals surface area contributed by atoms with Gasteiger partial charge in [-0.1, -0.05) is 13.8 Å². The van der Waals surface area contributed by atoms with E-state index in [4.69, 9.17) is 5.73 Å². The molecule has 0 aliphatic heterocycles. The van der Waals surface area contributed by atoms with Gasteiger partial charge in [0.25, 0.3) is 5.95 Å². The van der Waals surface area contributed by atoms with Crippen molar-refractivity contribution in [2.24, 2.45) is 5.73 Å². The molecule has 2 aromatic rings. The average Bonchev–Trinajstić information content (AvgIpc) is 2.87. The van der Waals surface area contributed by atoms with Gasteiger partial charge < -0.3 is 11.1 Å². The monoisotopic (exact) mass is 358 g/mol. The van der Waals surface area contributed by atoms with E-state index < -0.39 is 0 Å². The van der Waals surface area contributed by atoms with Gasteiger partial charge in [0.2, 0.25) is 5.91 Å². The van der Waals surface area contributed by atoms with Gasteiger partial charge >= 0.3 is 0 Å². The maximum Gasteiger partial charge on any atom is 0.251 e. The first-order chi connectivity index (χ1) is 12.2. The van der Waals surface area contributed by atoms with Crippen LogP contribution in [-0.4, -0.2) is 37.7 Å². The first-order valence-corrected chi connectivity index (χ1v) is 9.14. The molecular weight excluding hydrogens is 328 g/mol. The number of amides is 1. The molecule has 0 fully saturated rings. The molecule has 0 saturated carbocycles. The van der Waals surface area contributed by atoms with Gasteiger partial charge in [-0.25, -0.2) is 14.6 Å². The van der Waals surface area contributed by atoms with Crippen molar-refractivity contribution in [1.29, 1.82) is 0 Å². The largest absolute Gasteiger partial charge is 0.349 e. The van der Waals surface area contributed by atoms with E-state index >= 15 is 0 Å². The van der Waals surface area contributed by atoms with Crippen molar-refractivity contribution in [3.8, 4) is 5.95 Å². The van der Waals surface area contributed by atoms with Crippen molar-refractivity contribution in [3.63, 3.8) is 0 Å². The van der Waals surface area contributed by atoms with Crippen molar-refractivity contribution >= 4 is 5.91 Å². The SMILES string of the molecule is CCC(CC)(CN)NC(=O)Cc1c(C)nn(-c2nc(C)cc(C)n2)c1C. The third-order valence-corrected chi connectivity index (χ3v) is 5.09. The van der Waals surface area contributed by atoms with Crippen LogP contribution < -0.4 is 11.1 Å². The summed E-state index contributed by atoms with van der Waals surface area (Å²) in [6.45, 7) is 12.2. The van der Waals surface area contributed by atoms with E-state index in [1.165, 1.54) is 0 Å². The molecule has 0 aliphatic carbocycles. The van der Waals surface area contributed by atoms with E-state index in [1.807, 2.05) is 47.6 Å². The Morgan fingerprint density at radius 2 is 1.73 bits per heavy atom. The van der Waals surface area contributed by atoms with E-state index in [2.05, 4.69) is 20.4 Å². The molecule has 1 amide bonds. The summed E-state index contributed by atoms with van der Waals surface area (Å²) in [6, 6.07) is 1.92. The number of nitrogens with zero attached hydrogens (tertiary/aromatic N) is 4. The van der Waals surface area contributed by atoms with Crippen molar-refractivity contribution in [2.75, 3.05) is 6.54 Å². The van der Waals surface area contributed by atoms with E-state index in [9.17, 15) is 4.79 Å². The molecular formula is C19H30N6O. The first kappa shape index (κ1) is 20.0. The lowest BCUT2D eigenvalue weighted by molar-refractivity contribution is -0.122. The Morgan fingerprint density at radius 3 is 2.23 bits per heavy atom. The Morgan fingerprint density at radius 1 is 1.15 bits per heavy atom. The second kappa shape index (κ2) is 7.95. The Hall–Kier alpha value is -2.28. The Bertz CT molecular complexity index is 763. The van der Waals surface area contributed by atoms with Gasteiger partial charge in [0, 0.05) is 29.2 Å². The molecule has 0 radical (unpaired) electrons. The van der Waals surface area contributed by atoms with E-state index in [-0.39, 0.29) is 17.9 Å². The molecule has 7 heteroatoms. The summed E-state index contributed by atoms with van der Waals surface area (Å²) in [7, 11) is 0.